The summed E-state index contributed by atoms with van der Waals surface area (Å²) in [5.74, 6) is -2.58. The highest BCUT2D eigenvalue weighted by Gasteiger charge is 2.53. The fraction of sp³-hybridized carbons (Fsp3) is 0.412. The molecule has 4 atom stereocenters. The second-order valence-electron chi connectivity index (χ2n) is 13.8. The van der Waals surface area contributed by atoms with E-state index in [0.29, 0.717) is 21.4 Å². The standard InChI is InChI=1S/C34H34ClF5N8O3/c1-33(2,3)16-34(22-7-4-18(5-8-22)21-13-43-46(14-21)31(39)40)30(50)47(32(41)45-34)26(15-51-27(49)12-20-10-24(20)36)19-6-9-23(35)25(11-19)48-29(28(37)38)42-17-44-48/h4-9,11,13-14,17,20,24,26,28,31H,10,12,15-16H2,1-3H3,(H2,41,45)/t20-,24-,26+,34+/m0/s1. The first-order chi connectivity index (χ1) is 24.1. The molecular formula is C34H34ClF5N8O3. The zero-order chi connectivity index (χ0) is 36.8. The summed E-state index contributed by atoms with van der Waals surface area (Å²) in [7, 11) is 0. The molecule has 1 aliphatic carbocycles. The number of carbonyl (C=O) groups excluding carboxylic acids is 2. The maximum atomic E-state index is 14.9. The topological polar surface area (TPSA) is 134 Å². The molecule has 2 aromatic carbocycles. The monoisotopic (exact) mass is 732 g/mol. The van der Waals surface area contributed by atoms with E-state index in [-0.39, 0.29) is 41.5 Å². The summed E-state index contributed by atoms with van der Waals surface area (Å²) < 4.78 is 74.5. The van der Waals surface area contributed by atoms with E-state index in [2.05, 4.69) is 15.2 Å². The summed E-state index contributed by atoms with van der Waals surface area (Å²) >= 11 is 6.44. The van der Waals surface area contributed by atoms with Crippen LogP contribution in [0.3, 0.4) is 0 Å². The highest BCUT2D eigenvalue weighted by atomic mass is 35.5. The molecule has 3 heterocycles. The summed E-state index contributed by atoms with van der Waals surface area (Å²) in [6.45, 7) is 2.51. The van der Waals surface area contributed by atoms with Crippen molar-refractivity contribution in [2.45, 2.75) is 70.8 Å². The van der Waals surface area contributed by atoms with Gasteiger partial charge in [-0.1, -0.05) is 62.7 Å². The Morgan fingerprint density at radius 2 is 1.80 bits per heavy atom. The molecule has 2 aliphatic rings. The average molecular weight is 733 g/mol. The lowest BCUT2D eigenvalue weighted by atomic mass is 9.75. The maximum absolute atomic E-state index is 14.9. The van der Waals surface area contributed by atoms with Crippen molar-refractivity contribution in [3.8, 4) is 16.8 Å². The van der Waals surface area contributed by atoms with Gasteiger partial charge >= 0.3 is 12.5 Å². The van der Waals surface area contributed by atoms with Crippen LogP contribution in [0.15, 0.2) is 66.2 Å². The molecule has 1 fully saturated rings. The fourth-order valence-corrected chi connectivity index (χ4v) is 6.48. The first kappa shape index (κ1) is 35.9. The Balaban J connectivity index is 1.40. The van der Waals surface area contributed by atoms with Gasteiger partial charge < -0.3 is 10.5 Å². The van der Waals surface area contributed by atoms with Crippen LogP contribution in [0.2, 0.25) is 5.02 Å². The van der Waals surface area contributed by atoms with Gasteiger partial charge in [-0.05, 0) is 47.1 Å². The molecule has 17 heteroatoms. The van der Waals surface area contributed by atoms with Crippen molar-refractivity contribution in [1.82, 2.24) is 29.4 Å². The number of esters is 1. The van der Waals surface area contributed by atoms with Gasteiger partial charge in [0.1, 0.15) is 19.1 Å². The number of carbonyl (C=O) groups is 2. The SMILES string of the molecule is CC(C)(C)C[C@]1(c2ccc(-c3cnn(C(F)F)c3)cc2)N=C(N)N([C@H](COC(=O)C[C@@H]2C[C@@H]2F)c2ccc(Cl)c(-n3ncnc3C(F)F)c2)C1=O. The Morgan fingerprint density at radius 3 is 2.41 bits per heavy atom. The zero-order valence-electron chi connectivity index (χ0n) is 27.7. The number of ether oxygens (including phenoxy) is 1. The minimum atomic E-state index is -2.99. The Bertz CT molecular complexity index is 1960. The number of aromatic nitrogens is 5. The van der Waals surface area contributed by atoms with Crippen LogP contribution in [0.1, 0.15) is 76.0 Å². The van der Waals surface area contributed by atoms with Crippen LogP contribution in [0.4, 0.5) is 22.0 Å². The van der Waals surface area contributed by atoms with E-state index in [0.717, 1.165) is 11.0 Å². The number of hydrogen-bond acceptors (Lipinski definition) is 8. The number of aliphatic imine (C=N–C) groups is 1. The molecule has 0 spiro atoms. The molecule has 0 unspecified atom stereocenters. The van der Waals surface area contributed by atoms with Gasteiger partial charge in [-0.15, -0.1) is 0 Å². The molecule has 6 rings (SSSR count). The van der Waals surface area contributed by atoms with Crippen molar-refractivity contribution in [1.29, 1.82) is 0 Å². The predicted molar refractivity (Wildman–Crippen MR) is 176 cm³/mol. The predicted octanol–water partition coefficient (Wildman–Crippen LogP) is 6.94. The van der Waals surface area contributed by atoms with Gasteiger partial charge in [-0.25, -0.2) is 32.5 Å². The van der Waals surface area contributed by atoms with Crippen LogP contribution in [0.5, 0.6) is 0 Å². The molecule has 2 aromatic heterocycles. The smallest absolute Gasteiger partial charge is 0.333 e. The lowest BCUT2D eigenvalue weighted by Gasteiger charge is -2.35. The molecule has 0 saturated heterocycles. The highest BCUT2D eigenvalue weighted by Crippen LogP contribution is 2.45. The van der Waals surface area contributed by atoms with Gasteiger partial charge in [-0.2, -0.15) is 19.0 Å². The third-order valence-corrected chi connectivity index (χ3v) is 9.06. The van der Waals surface area contributed by atoms with Crippen LogP contribution in [0, 0.1) is 11.3 Å². The number of hydrogen-bond donors (Lipinski definition) is 1. The van der Waals surface area contributed by atoms with Crippen molar-refractivity contribution < 1.29 is 36.3 Å². The lowest BCUT2D eigenvalue weighted by Crippen LogP contribution is -2.47. The first-order valence-electron chi connectivity index (χ1n) is 16.0. The Hall–Kier alpha value is -4.86. The van der Waals surface area contributed by atoms with E-state index >= 15 is 0 Å². The van der Waals surface area contributed by atoms with Crippen molar-refractivity contribution in [3.05, 3.63) is 83.2 Å². The Morgan fingerprint density at radius 1 is 1.10 bits per heavy atom. The van der Waals surface area contributed by atoms with Gasteiger partial charge in [-0.3, -0.25) is 14.5 Å². The second kappa shape index (κ2) is 13.7. The van der Waals surface area contributed by atoms with E-state index in [9.17, 15) is 31.5 Å². The lowest BCUT2D eigenvalue weighted by molar-refractivity contribution is -0.148. The van der Waals surface area contributed by atoms with Crippen LogP contribution in [-0.2, 0) is 19.9 Å². The van der Waals surface area contributed by atoms with Crippen molar-refractivity contribution in [2.75, 3.05) is 6.61 Å². The molecule has 0 bridgehead atoms. The van der Waals surface area contributed by atoms with Crippen molar-refractivity contribution >= 4 is 29.4 Å². The molecule has 1 saturated carbocycles. The number of rotatable bonds is 12. The van der Waals surface area contributed by atoms with E-state index in [1.165, 1.54) is 35.5 Å². The molecule has 11 nitrogen and oxygen atoms in total. The minimum absolute atomic E-state index is 0.0189. The van der Waals surface area contributed by atoms with Gasteiger partial charge in [0.05, 0.1) is 29.4 Å². The number of amides is 1. The number of nitrogens with two attached hydrogens (primary N) is 1. The van der Waals surface area contributed by atoms with E-state index in [4.69, 9.17) is 27.1 Å². The van der Waals surface area contributed by atoms with Gasteiger partial charge in [0.25, 0.3) is 12.3 Å². The number of alkyl halides is 5. The molecule has 270 valence electrons. The zero-order valence-corrected chi connectivity index (χ0v) is 28.4. The highest BCUT2D eigenvalue weighted by molar-refractivity contribution is 6.32. The minimum Gasteiger partial charge on any atom is -0.463 e. The van der Waals surface area contributed by atoms with E-state index in [1.807, 2.05) is 20.8 Å². The third-order valence-electron chi connectivity index (χ3n) is 8.74. The molecule has 51 heavy (non-hydrogen) atoms. The number of benzene rings is 2. The summed E-state index contributed by atoms with van der Waals surface area (Å²) in [6.07, 6.45) is -0.363. The van der Waals surface area contributed by atoms with E-state index in [1.54, 1.807) is 24.3 Å². The van der Waals surface area contributed by atoms with Crippen LogP contribution in [0.25, 0.3) is 16.8 Å². The van der Waals surface area contributed by atoms with Crippen molar-refractivity contribution in [2.24, 2.45) is 22.1 Å². The van der Waals surface area contributed by atoms with Crippen molar-refractivity contribution in [3.63, 3.8) is 0 Å². The largest absolute Gasteiger partial charge is 0.463 e. The van der Waals surface area contributed by atoms with Gasteiger partial charge in [0.15, 0.2) is 17.3 Å². The normalized spacial score (nSPS) is 21.0. The third kappa shape index (κ3) is 7.32. The Kier molecular flexibility index (Phi) is 9.65. The summed E-state index contributed by atoms with van der Waals surface area (Å²) in [5, 5.41) is 7.64. The summed E-state index contributed by atoms with van der Waals surface area (Å²) in [4.78, 5) is 37.2. The molecule has 1 aliphatic heterocycles. The molecule has 2 N–H and O–H groups in total. The number of halogens is 6. The van der Waals surface area contributed by atoms with Crippen LogP contribution >= 0.6 is 11.6 Å². The summed E-state index contributed by atoms with van der Waals surface area (Å²) in [6, 6.07) is 9.87. The number of nitrogens with zero attached hydrogens (tertiary/aromatic N) is 7. The number of guanidine groups is 1. The van der Waals surface area contributed by atoms with Gasteiger partial charge in [0, 0.05) is 17.7 Å². The maximum Gasteiger partial charge on any atom is 0.333 e. The quantitative estimate of drug-likeness (QED) is 0.123. The molecule has 1 amide bonds. The fourth-order valence-electron chi connectivity index (χ4n) is 6.28. The Labute approximate surface area is 294 Å². The summed E-state index contributed by atoms with van der Waals surface area (Å²) in [5.41, 5.74) is 6.26. The first-order valence-corrected chi connectivity index (χ1v) is 16.4. The molecular weight excluding hydrogens is 699 g/mol. The molecule has 4 aromatic rings. The molecule has 0 radical (unpaired) electrons. The second-order valence-corrected chi connectivity index (χ2v) is 14.2. The van der Waals surface area contributed by atoms with Crippen LogP contribution < -0.4 is 5.73 Å². The van der Waals surface area contributed by atoms with Gasteiger partial charge in [0.2, 0.25) is 0 Å². The average Bonchev–Trinajstić information content (AvgIpc) is 3.45. The van der Waals surface area contributed by atoms with Crippen LogP contribution in [-0.4, -0.2) is 60.1 Å². The van der Waals surface area contributed by atoms with E-state index < -0.39 is 66.4 Å².